The maximum absolute atomic E-state index is 11.7. The van der Waals surface area contributed by atoms with Crippen LogP contribution in [-0.2, 0) is 16.1 Å². The number of amides is 1. The normalized spacial score (nSPS) is 10.0. The molecule has 0 unspecified atom stereocenters. The van der Waals surface area contributed by atoms with E-state index in [2.05, 4.69) is 5.32 Å². The third-order valence-corrected chi connectivity index (χ3v) is 3.28. The van der Waals surface area contributed by atoms with Crippen LogP contribution in [0.4, 0.5) is 5.69 Å². The van der Waals surface area contributed by atoms with Gasteiger partial charge in [-0.3, -0.25) is 4.79 Å². The zero-order valence-electron chi connectivity index (χ0n) is 11.7. The molecule has 0 aliphatic rings. The highest BCUT2D eigenvalue weighted by molar-refractivity contribution is 6.31. The van der Waals surface area contributed by atoms with Gasteiger partial charge in [0.15, 0.2) is 6.61 Å². The van der Waals surface area contributed by atoms with Crippen molar-refractivity contribution in [1.82, 2.24) is 5.32 Å². The summed E-state index contributed by atoms with van der Waals surface area (Å²) in [4.78, 5) is 23.4. The molecule has 22 heavy (non-hydrogen) atoms. The number of nitrogens with one attached hydrogen (secondary N) is 1. The Bertz CT molecular complexity index is 671. The Kier molecular flexibility index (Phi) is 5.38. The van der Waals surface area contributed by atoms with E-state index in [1.165, 1.54) is 0 Å². The highest BCUT2D eigenvalue weighted by atomic mass is 35.5. The van der Waals surface area contributed by atoms with Gasteiger partial charge in [0.1, 0.15) is 0 Å². The second kappa shape index (κ2) is 7.47. The summed E-state index contributed by atoms with van der Waals surface area (Å²) in [5, 5.41) is 3.21. The molecule has 2 aromatic rings. The van der Waals surface area contributed by atoms with Crippen LogP contribution in [0.5, 0.6) is 0 Å². The number of anilines is 1. The minimum absolute atomic E-state index is 0.276. The first-order valence-electron chi connectivity index (χ1n) is 6.59. The Hall–Kier alpha value is -2.53. The number of nitrogen functional groups attached to an aromatic ring is 1. The molecule has 3 N–H and O–H groups in total. The van der Waals surface area contributed by atoms with Gasteiger partial charge in [-0.1, -0.05) is 29.8 Å². The van der Waals surface area contributed by atoms with Gasteiger partial charge in [0.2, 0.25) is 0 Å². The molecule has 0 saturated carbocycles. The number of esters is 1. The van der Waals surface area contributed by atoms with E-state index in [9.17, 15) is 9.59 Å². The lowest BCUT2D eigenvalue weighted by molar-refractivity contribution is -0.124. The molecule has 0 radical (unpaired) electrons. The van der Waals surface area contributed by atoms with Gasteiger partial charge in [0, 0.05) is 17.3 Å². The molecule has 0 fully saturated rings. The molecule has 1 amide bonds. The van der Waals surface area contributed by atoms with Crippen molar-refractivity contribution in [3.8, 4) is 0 Å². The van der Waals surface area contributed by atoms with Crippen LogP contribution in [0, 0.1) is 0 Å². The van der Waals surface area contributed by atoms with Crippen LogP contribution >= 0.6 is 11.6 Å². The second-order valence-corrected chi connectivity index (χ2v) is 4.97. The fourth-order valence-electron chi connectivity index (χ4n) is 1.72. The highest BCUT2D eigenvalue weighted by Gasteiger charge is 2.10. The molecular formula is C16H15ClN2O3. The molecule has 2 rings (SSSR count). The van der Waals surface area contributed by atoms with E-state index in [1.54, 1.807) is 30.3 Å². The van der Waals surface area contributed by atoms with Crippen molar-refractivity contribution in [2.75, 3.05) is 12.3 Å². The zero-order valence-corrected chi connectivity index (χ0v) is 12.5. The number of carbonyl (C=O) groups excluding carboxylic acids is 2. The molecule has 0 aliphatic carbocycles. The van der Waals surface area contributed by atoms with Crippen molar-refractivity contribution in [2.45, 2.75) is 6.54 Å². The van der Waals surface area contributed by atoms with Crippen LogP contribution in [0.25, 0.3) is 0 Å². The van der Waals surface area contributed by atoms with Crippen LogP contribution < -0.4 is 11.1 Å². The predicted octanol–water partition coefficient (Wildman–Crippen LogP) is 2.40. The highest BCUT2D eigenvalue weighted by Crippen LogP contribution is 2.14. The Morgan fingerprint density at radius 2 is 1.77 bits per heavy atom. The lowest BCUT2D eigenvalue weighted by atomic mass is 10.2. The second-order valence-electron chi connectivity index (χ2n) is 4.57. The molecule has 0 aliphatic heterocycles. The third kappa shape index (κ3) is 4.49. The summed E-state index contributed by atoms with van der Waals surface area (Å²) in [7, 11) is 0. The van der Waals surface area contributed by atoms with E-state index in [1.807, 2.05) is 18.2 Å². The van der Waals surface area contributed by atoms with Crippen molar-refractivity contribution in [1.29, 1.82) is 0 Å². The van der Waals surface area contributed by atoms with Crippen LogP contribution in [-0.4, -0.2) is 18.5 Å². The summed E-state index contributed by atoms with van der Waals surface area (Å²) in [5.41, 5.74) is 7.21. The van der Waals surface area contributed by atoms with E-state index in [4.69, 9.17) is 22.1 Å². The Labute approximate surface area is 133 Å². The summed E-state index contributed by atoms with van der Waals surface area (Å²) < 4.78 is 4.92. The number of carbonyl (C=O) groups is 2. The first kappa shape index (κ1) is 15.9. The van der Waals surface area contributed by atoms with Crippen LogP contribution in [0.1, 0.15) is 15.9 Å². The van der Waals surface area contributed by atoms with Crippen LogP contribution in [0.15, 0.2) is 48.5 Å². The maximum Gasteiger partial charge on any atom is 0.338 e. The van der Waals surface area contributed by atoms with Gasteiger partial charge >= 0.3 is 5.97 Å². The largest absolute Gasteiger partial charge is 0.452 e. The van der Waals surface area contributed by atoms with E-state index in [0.29, 0.717) is 16.3 Å². The van der Waals surface area contributed by atoms with Crippen molar-refractivity contribution in [3.05, 3.63) is 64.7 Å². The molecule has 0 atom stereocenters. The van der Waals surface area contributed by atoms with E-state index >= 15 is 0 Å². The van der Waals surface area contributed by atoms with Gasteiger partial charge in [-0.2, -0.15) is 0 Å². The monoisotopic (exact) mass is 318 g/mol. The van der Waals surface area contributed by atoms with Gasteiger partial charge < -0.3 is 15.8 Å². The van der Waals surface area contributed by atoms with E-state index < -0.39 is 11.9 Å². The lowest BCUT2D eigenvalue weighted by Crippen LogP contribution is -2.28. The van der Waals surface area contributed by atoms with Crippen LogP contribution in [0.3, 0.4) is 0 Å². The van der Waals surface area contributed by atoms with E-state index in [0.717, 1.165) is 5.56 Å². The fraction of sp³-hybridized carbons (Fsp3) is 0.125. The number of hydrogen-bond acceptors (Lipinski definition) is 4. The minimum Gasteiger partial charge on any atom is -0.452 e. The smallest absolute Gasteiger partial charge is 0.338 e. The Morgan fingerprint density at radius 3 is 2.45 bits per heavy atom. The topological polar surface area (TPSA) is 81.4 Å². The number of rotatable bonds is 5. The third-order valence-electron chi connectivity index (χ3n) is 2.91. The number of hydrogen-bond donors (Lipinski definition) is 2. The molecule has 2 aromatic carbocycles. The molecular weight excluding hydrogens is 304 g/mol. The molecule has 0 aromatic heterocycles. The maximum atomic E-state index is 11.7. The van der Waals surface area contributed by atoms with Crippen molar-refractivity contribution >= 4 is 29.2 Å². The van der Waals surface area contributed by atoms with E-state index in [-0.39, 0.29) is 13.2 Å². The SMILES string of the molecule is Nc1ccc(C(=O)OCC(=O)NCc2ccccc2Cl)cc1. The van der Waals surface area contributed by atoms with Crippen molar-refractivity contribution in [2.24, 2.45) is 0 Å². The average molecular weight is 319 g/mol. The number of nitrogens with two attached hydrogens (primary N) is 1. The fourth-order valence-corrected chi connectivity index (χ4v) is 1.92. The number of ether oxygens (including phenoxy) is 1. The number of halogens is 1. The molecule has 0 heterocycles. The lowest BCUT2D eigenvalue weighted by Gasteiger charge is -2.08. The molecule has 0 bridgehead atoms. The van der Waals surface area contributed by atoms with Gasteiger partial charge in [-0.25, -0.2) is 4.79 Å². The summed E-state index contributed by atoms with van der Waals surface area (Å²) >= 11 is 5.98. The summed E-state index contributed by atoms with van der Waals surface area (Å²) in [6.07, 6.45) is 0. The first-order valence-corrected chi connectivity index (χ1v) is 6.97. The Balaban J connectivity index is 1.79. The van der Waals surface area contributed by atoms with Crippen molar-refractivity contribution < 1.29 is 14.3 Å². The molecule has 0 spiro atoms. The minimum atomic E-state index is -0.576. The predicted molar refractivity (Wildman–Crippen MR) is 84.4 cm³/mol. The first-order chi connectivity index (χ1) is 10.6. The van der Waals surface area contributed by atoms with Gasteiger partial charge in [-0.05, 0) is 35.9 Å². The van der Waals surface area contributed by atoms with Gasteiger partial charge in [0.05, 0.1) is 5.56 Å². The van der Waals surface area contributed by atoms with Crippen LogP contribution in [0.2, 0.25) is 5.02 Å². The molecule has 0 saturated heterocycles. The summed E-state index contributed by atoms with van der Waals surface area (Å²) in [6, 6.07) is 13.4. The summed E-state index contributed by atoms with van der Waals surface area (Å²) in [5.74, 6) is -0.975. The number of benzene rings is 2. The zero-order chi connectivity index (χ0) is 15.9. The van der Waals surface area contributed by atoms with Crippen molar-refractivity contribution in [3.63, 3.8) is 0 Å². The van der Waals surface area contributed by atoms with Gasteiger partial charge in [-0.15, -0.1) is 0 Å². The molecule has 5 nitrogen and oxygen atoms in total. The summed E-state index contributed by atoms with van der Waals surface area (Å²) in [6.45, 7) is -0.0778. The average Bonchev–Trinajstić information content (AvgIpc) is 2.52. The van der Waals surface area contributed by atoms with Gasteiger partial charge in [0.25, 0.3) is 5.91 Å². The molecule has 114 valence electrons. The Morgan fingerprint density at radius 1 is 1.09 bits per heavy atom. The standard InChI is InChI=1S/C16H15ClN2O3/c17-14-4-2-1-3-12(14)9-19-15(20)10-22-16(21)11-5-7-13(18)8-6-11/h1-8H,9-10,18H2,(H,19,20). The quantitative estimate of drug-likeness (QED) is 0.655. The molecule has 6 heteroatoms.